The summed E-state index contributed by atoms with van der Waals surface area (Å²) >= 11 is 0. The zero-order valence-corrected chi connectivity index (χ0v) is 22.9. The maximum atomic E-state index is 12.2. The Morgan fingerprint density at radius 1 is 0.780 bits per heavy atom. The highest BCUT2D eigenvalue weighted by Crippen LogP contribution is 2.33. The standard InChI is InChI=1S/C24H44N2O15/c1-3-12(29)26-13-17(33)15(31)10(7-27)38-22(13)40-20-16(32)11(8-28)39-24(36-6-4-5-25)21(20)41-23-19(35)18(34)14(30)9(2)37-23/h9-11,13-24,27-28,30-35H,3-8,25H2,1-2H3,(H,26,29)/t9?,10?,11?,13?,14-,15-,16+,17-,18+,19?,20+,21?,22-,23+,24-/m1/s1. The fraction of sp³-hybridized carbons (Fsp3) is 0.958. The Hall–Kier alpha value is -1.13. The number of amides is 1. The Morgan fingerprint density at radius 2 is 1.39 bits per heavy atom. The van der Waals surface area contributed by atoms with Gasteiger partial charge in [0.25, 0.3) is 0 Å². The van der Waals surface area contributed by atoms with Gasteiger partial charge in [-0.3, -0.25) is 4.79 Å². The molecule has 0 bridgehead atoms. The first-order valence-corrected chi connectivity index (χ1v) is 13.7. The van der Waals surface area contributed by atoms with Gasteiger partial charge in [0.15, 0.2) is 18.9 Å². The highest BCUT2D eigenvalue weighted by Gasteiger charge is 2.54. The van der Waals surface area contributed by atoms with Gasteiger partial charge >= 0.3 is 0 Å². The highest BCUT2D eigenvalue weighted by molar-refractivity contribution is 5.76. The van der Waals surface area contributed by atoms with Gasteiger partial charge in [-0.1, -0.05) is 6.92 Å². The number of carbonyl (C=O) groups excluding carboxylic acids is 1. The number of aliphatic hydroxyl groups excluding tert-OH is 8. The molecule has 17 nitrogen and oxygen atoms in total. The largest absolute Gasteiger partial charge is 0.394 e. The maximum Gasteiger partial charge on any atom is 0.220 e. The van der Waals surface area contributed by atoms with Gasteiger partial charge in [0.1, 0.15) is 67.1 Å². The van der Waals surface area contributed by atoms with E-state index in [-0.39, 0.29) is 19.6 Å². The van der Waals surface area contributed by atoms with Crippen molar-refractivity contribution in [1.29, 1.82) is 0 Å². The Labute approximate surface area is 236 Å². The second-order valence-corrected chi connectivity index (χ2v) is 10.3. The number of rotatable bonds is 12. The fourth-order valence-corrected chi connectivity index (χ4v) is 4.83. The van der Waals surface area contributed by atoms with Crippen LogP contribution in [0.25, 0.3) is 0 Å². The van der Waals surface area contributed by atoms with Crippen LogP contribution in [0.3, 0.4) is 0 Å². The number of hydrogen-bond acceptors (Lipinski definition) is 16. The molecule has 3 fully saturated rings. The molecule has 3 aliphatic rings. The average molecular weight is 601 g/mol. The van der Waals surface area contributed by atoms with E-state index in [0.29, 0.717) is 6.42 Å². The number of nitrogens with two attached hydrogens (primary N) is 1. The van der Waals surface area contributed by atoms with Gasteiger partial charge < -0.3 is 80.3 Å². The van der Waals surface area contributed by atoms with Crippen molar-refractivity contribution in [3.63, 3.8) is 0 Å². The molecule has 15 atom stereocenters. The van der Waals surface area contributed by atoms with E-state index >= 15 is 0 Å². The number of hydrogen-bond donors (Lipinski definition) is 10. The van der Waals surface area contributed by atoms with Gasteiger partial charge in [-0.25, -0.2) is 0 Å². The van der Waals surface area contributed by atoms with E-state index in [9.17, 15) is 45.6 Å². The van der Waals surface area contributed by atoms with Gasteiger partial charge in [0, 0.05) is 6.42 Å². The highest BCUT2D eigenvalue weighted by atomic mass is 16.8. The van der Waals surface area contributed by atoms with Crippen LogP contribution in [-0.4, -0.2) is 165 Å². The number of nitrogens with one attached hydrogen (secondary N) is 1. The van der Waals surface area contributed by atoms with Crippen molar-refractivity contribution >= 4 is 5.91 Å². The number of carbonyl (C=O) groups is 1. The van der Waals surface area contributed by atoms with Crippen LogP contribution in [0, 0.1) is 0 Å². The molecule has 0 spiro atoms. The molecule has 0 radical (unpaired) electrons. The lowest BCUT2D eigenvalue weighted by molar-refractivity contribution is -0.385. The van der Waals surface area contributed by atoms with Crippen molar-refractivity contribution < 1.29 is 74.1 Å². The molecule has 17 heteroatoms. The summed E-state index contributed by atoms with van der Waals surface area (Å²) in [7, 11) is 0. The molecule has 3 heterocycles. The summed E-state index contributed by atoms with van der Waals surface area (Å²) in [6.07, 6.45) is -20.5. The summed E-state index contributed by atoms with van der Waals surface area (Å²) in [6, 6.07) is -1.38. The fourth-order valence-electron chi connectivity index (χ4n) is 4.83. The number of ether oxygens (including phenoxy) is 6. The molecule has 3 saturated heterocycles. The molecule has 1 amide bonds. The molecule has 0 aromatic carbocycles. The van der Waals surface area contributed by atoms with E-state index in [1.807, 2.05) is 0 Å². The molecular formula is C24H44N2O15. The topological polar surface area (TPSA) is 272 Å². The summed E-state index contributed by atoms with van der Waals surface area (Å²) < 4.78 is 34.7. The predicted octanol–water partition coefficient (Wildman–Crippen LogP) is -5.64. The van der Waals surface area contributed by atoms with Gasteiger partial charge in [0.05, 0.1) is 25.9 Å². The zero-order chi connectivity index (χ0) is 30.4. The first-order chi connectivity index (χ1) is 19.5. The third kappa shape index (κ3) is 7.88. The summed E-state index contributed by atoms with van der Waals surface area (Å²) in [6.45, 7) is 1.86. The molecule has 0 aliphatic carbocycles. The third-order valence-electron chi connectivity index (χ3n) is 7.35. The molecule has 0 aromatic rings. The zero-order valence-electron chi connectivity index (χ0n) is 22.9. The first kappa shape index (κ1) is 34.4. The van der Waals surface area contributed by atoms with E-state index in [0.717, 1.165) is 0 Å². The van der Waals surface area contributed by atoms with Crippen LogP contribution in [0.4, 0.5) is 0 Å². The van der Waals surface area contributed by atoms with Gasteiger partial charge in [-0.2, -0.15) is 0 Å². The molecule has 3 aliphatic heterocycles. The van der Waals surface area contributed by atoms with Crippen LogP contribution in [0.2, 0.25) is 0 Å². The van der Waals surface area contributed by atoms with Crippen LogP contribution in [0.15, 0.2) is 0 Å². The van der Waals surface area contributed by atoms with Crippen LogP contribution >= 0.6 is 0 Å². The lowest BCUT2D eigenvalue weighted by atomic mass is 9.95. The van der Waals surface area contributed by atoms with Crippen LogP contribution in [0.5, 0.6) is 0 Å². The van der Waals surface area contributed by atoms with Crippen LogP contribution in [-0.2, 0) is 33.2 Å². The van der Waals surface area contributed by atoms with E-state index < -0.39 is 111 Å². The molecule has 0 saturated carbocycles. The van der Waals surface area contributed by atoms with E-state index in [4.69, 9.17) is 34.2 Å². The van der Waals surface area contributed by atoms with Gasteiger partial charge in [-0.15, -0.1) is 0 Å². The van der Waals surface area contributed by atoms with Crippen molar-refractivity contribution in [1.82, 2.24) is 5.32 Å². The van der Waals surface area contributed by atoms with E-state index in [2.05, 4.69) is 5.32 Å². The second kappa shape index (κ2) is 15.6. The number of aliphatic hydroxyl groups is 8. The molecule has 0 aromatic heterocycles. The maximum absolute atomic E-state index is 12.2. The minimum Gasteiger partial charge on any atom is -0.394 e. The van der Waals surface area contributed by atoms with Gasteiger partial charge in [0.2, 0.25) is 5.91 Å². The Kier molecular flexibility index (Phi) is 13.0. The minimum atomic E-state index is -1.75. The quantitative estimate of drug-likeness (QED) is 0.0935. The Bertz CT molecular complexity index is 813. The van der Waals surface area contributed by atoms with Crippen molar-refractivity contribution in [2.45, 2.75) is 119 Å². The smallest absolute Gasteiger partial charge is 0.220 e. The van der Waals surface area contributed by atoms with Crippen molar-refractivity contribution in [3.05, 3.63) is 0 Å². The minimum absolute atomic E-state index is 0.00794. The first-order valence-electron chi connectivity index (χ1n) is 13.7. The summed E-state index contributed by atoms with van der Waals surface area (Å²) in [5.74, 6) is -0.530. The van der Waals surface area contributed by atoms with E-state index in [1.54, 1.807) is 6.92 Å². The van der Waals surface area contributed by atoms with Crippen molar-refractivity contribution in [3.8, 4) is 0 Å². The Morgan fingerprint density at radius 3 is 2.00 bits per heavy atom. The normalized spacial score (nSPS) is 45.4. The summed E-state index contributed by atoms with van der Waals surface area (Å²) in [4.78, 5) is 12.2. The van der Waals surface area contributed by atoms with E-state index in [1.165, 1.54) is 6.92 Å². The van der Waals surface area contributed by atoms with Crippen molar-refractivity contribution in [2.24, 2.45) is 5.73 Å². The lowest BCUT2D eigenvalue weighted by Gasteiger charge is -2.49. The molecular weight excluding hydrogens is 556 g/mol. The van der Waals surface area contributed by atoms with Crippen molar-refractivity contribution in [2.75, 3.05) is 26.4 Å². The molecule has 11 N–H and O–H groups in total. The average Bonchev–Trinajstić information content (AvgIpc) is 2.96. The third-order valence-corrected chi connectivity index (χ3v) is 7.35. The molecule has 6 unspecified atom stereocenters. The Balaban J connectivity index is 1.96. The summed E-state index contributed by atoms with van der Waals surface area (Å²) in [5, 5.41) is 85.3. The lowest BCUT2D eigenvalue weighted by Crippen LogP contribution is -2.69. The van der Waals surface area contributed by atoms with Gasteiger partial charge in [-0.05, 0) is 19.9 Å². The SMILES string of the molecule is CCC(=O)NC1[C@@H](O[C@@H]2C(O[C@@H]3OC(C)[C@@H](O)[C@H](O)C3O)[C@H](OCCCN)OC(CO)[C@@H]2O)OC(CO)[C@@H](O)[C@@H]1O. The predicted molar refractivity (Wildman–Crippen MR) is 133 cm³/mol. The van der Waals surface area contributed by atoms with Crippen LogP contribution < -0.4 is 11.1 Å². The summed E-state index contributed by atoms with van der Waals surface area (Å²) in [5.41, 5.74) is 5.56. The molecule has 240 valence electrons. The monoisotopic (exact) mass is 600 g/mol. The molecule has 41 heavy (non-hydrogen) atoms. The second-order valence-electron chi connectivity index (χ2n) is 10.3. The van der Waals surface area contributed by atoms with Crippen LogP contribution in [0.1, 0.15) is 26.7 Å². The molecule has 3 rings (SSSR count).